The van der Waals surface area contributed by atoms with Crippen molar-refractivity contribution < 1.29 is 38.1 Å². The number of rotatable bonds is 22. The molecule has 19 aromatic carbocycles. The van der Waals surface area contributed by atoms with Crippen molar-refractivity contribution in [3.63, 3.8) is 0 Å². The number of fused-ring (bicyclic) bond motifs is 6. The molecule has 134 heavy (non-hydrogen) atoms. The molecule has 0 saturated heterocycles. The van der Waals surface area contributed by atoms with Crippen molar-refractivity contribution in [3.8, 4) is 46.0 Å². The molecule has 19 aromatic rings. The molecule has 0 unspecified atom stereocenters. The van der Waals surface area contributed by atoms with Crippen LogP contribution in [-0.2, 0) is 73.0 Å². The Hall–Kier alpha value is -15.0. The summed E-state index contributed by atoms with van der Waals surface area (Å²) in [7, 11) is 0. The van der Waals surface area contributed by atoms with Gasteiger partial charge >= 0.3 is 0 Å². The normalized spacial score (nSPS) is 13.2. The molecule has 0 fully saturated rings. The molecule has 660 valence electrons. The maximum Gasteiger partial charge on any atom is 0.266 e. The number of para-hydroxylation sites is 2. The number of amides is 4. The summed E-state index contributed by atoms with van der Waals surface area (Å²) < 4.78 is 30.9. The molecule has 0 aromatic heterocycles. The van der Waals surface area contributed by atoms with Crippen LogP contribution in [0.25, 0.3) is 86.2 Å². The van der Waals surface area contributed by atoms with E-state index >= 15 is 19.2 Å². The second kappa shape index (κ2) is 33.7. The van der Waals surface area contributed by atoms with Gasteiger partial charge in [0.05, 0.1) is 33.6 Å². The second-order valence-electron chi connectivity index (χ2n) is 40.5. The van der Waals surface area contributed by atoms with Crippen LogP contribution in [0.15, 0.2) is 328 Å². The number of benzene rings is 19. The topological polar surface area (TPSA) is 112 Å². The maximum atomic E-state index is 17.7. The van der Waals surface area contributed by atoms with Gasteiger partial charge in [-0.2, -0.15) is 0 Å². The Morgan fingerprint density at radius 3 is 0.604 bits per heavy atom. The van der Waals surface area contributed by atoms with E-state index < -0.39 is 23.6 Å². The van der Waals surface area contributed by atoms with Gasteiger partial charge in [0.25, 0.3) is 23.6 Å². The smallest absolute Gasteiger partial charge is 0.266 e. The van der Waals surface area contributed by atoms with Crippen molar-refractivity contribution in [2.24, 2.45) is 0 Å². The van der Waals surface area contributed by atoms with E-state index in [0.29, 0.717) is 129 Å². The molecule has 10 heteroatoms. The first-order valence-corrected chi connectivity index (χ1v) is 47.0. The SMILES string of the molecule is CC(C)(C)c1ccc(Oc2cc3c4c(cc(Oc5ccc(C(C)(C)C)cc5)c5c6c(Oc7ccc(C(C)(C)C)cc7)cc7c8c(cc(Oc9ccc(C(C)(C)C)cc9)c(c2c45)c86)C(=O)N(c2c(CCc4cccc5ccccc45)cccc2CCc2cccc4ccccc24)C7=O)C(=O)N(c2c(CCc4cccc5ccccc45)cccc2CCc2cccc4ccccc24)C3=O)cc1. The molecule has 10 nitrogen and oxygen atoms in total. The molecule has 0 aliphatic carbocycles. The fourth-order valence-electron chi connectivity index (χ4n) is 20.6. The van der Waals surface area contributed by atoms with E-state index in [1.807, 2.05) is 72.8 Å². The zero-order valence-corrected chi connectivity index (χ0v) is 78.0. The summed E-state index contributed by atoms with van der Waals surface area (Å²) in [5.74, 6) is 0.468. The number of anilines is 2. The van der Waals surface area contributed by atoms with Gasteiger partial charge in [0.15, 0.2) is 0 Å². The predicted molar refractivity (Wildman–Crippen MR) is 549 cm³/mol. The van der Waals surface area contributed by atoms with Crippen molar-refractivity contribution in [2.45, 2.75) is 156 Å². The summed E-state index contributed by atoms with van der Waals surface area (Å²) in [6.07, 6.45) is 4.30. The molecule has 2 heterocycles. The quantitative estimate of drug-likeness (QED) is 0.0375. The summed E-state index contributed by atoms with van der Waals surface area (Å²) in [5, 5.41) is 12.2. The summed E-state index contributed by atoms with van der Waals surface area (Å²) in [5.41, 5.74) is 12.9. The number of nitrogens with zero attached hydrogens (tertiary/aromatic N) is 2. The highest BCUT2D eigenvalue weighted by Crippen LogP contribution is 2.59. The molecule has 0 saturated carbocycles. The molecular formula is C124H106N2O8. The van der Waals surface area contributed by atoms with Crippen LogP contribution in [0.3, 0.4) is 0 Å². The van der Waals surface area contributed by atoms with Crippen molar-refractivity contribution in [3.05, 3.63) is 417 Å². The molecule has 2 aliphatic heterocycles. The van der Waals surface area contributed by atoms with E-state index in [1.165, 1.54) is 9.80 Å². The third-order valence-electron chi connectivity index (χ3n) is 27.7. The number of hydrogen-bond acceptors (Lipinski definition) is 8. The monoisotopic (exact) mass is 1750 g/mol. The van der Waals surface area contributed by atoms with Crippen LogP contribution in [0.5, 0.6) is 46.0 Å². The fraction of sp³-hybridized carbons (Fsp3) is 0.194. The number of carbonyl (C=O) groups is 4. The van der Waals surface area contributed by atoms with E-state index in [9.17, 15) is 0 Å². The maximum absolute atomic E-state index is 17.7. The predicted octanol–water partition coefficient (Wildman–Crippen LogP) is 31.5. The lowest BCUT2D eigenvalue weighted by atomic mass is 9.80. The number of hydrogen-bond donors (Lipinski definition) is 0. The Balaban J connectivity index is 0.865. The van der Waals surface area contributed by atoms with Gasteiger partial charge in [0.2, 0.25) is 0 Å². The highest BCUT2D eigenvalue weighted by Gasteiger charge is 2.45. The average Bonchev–Trinajstić information content (AvgIpc) is 0.667. The molecular weight excluding hydrogens is 1650 g/mol. The highest BCUT2D eigenvalue weighted by molar-refractivity contribution is 6.48. The van der Waals surface area contributed by atoms with Gasteiger partial charge < -0.3 is 18.9 Å². The van der Waals surface area contributed by atoms with Crippen molar-refractivity contribution >= 4 is 121 Å². The van der Waals surface area contributed by atoms with Gasteiger partial charge in [0, 0.05) is 43.1 Å². The largest absolute Gasteiger partial charge is 0.457 e. The Morgan fingerprint density at radius 1 is 0.201 bits per heavy atom. The Bertz CT molecular complexity index is 7030. The second-order valence-corrected chi connectivity index (χ2v) is 40.5. The average molecular weight is 1750 g/mol. The molecule has 4 amide bonds. The van der Waals surface area contributed by atoms with Crippen LogP contribution in [0.2, 0.25) is 0 Å². The van der Waals surface area contributed by atoms with E-state index in [4.69, 9.17) is 18.9 Å². The first-order valence-electron chi connectivity index (χ1n) is 47.0. The molecule has 0 atom stereocenters. The molecule has 0 bridgehead atoms. The first kappa shape index (κ1) is 85.8. The Kier molecular flexibility index (Phi) is 21.6. The Labute approximate surface area is 782 Å². The van der Waals surface area contributed by atoms with E-state index in [0.717, 1.165) is 110 Å². The minimum atomic E-state index is -0.560. The highest BCUT2D eigenvalue weighted by atomic mass is 16.5. The lowest BCUT2D eigenvalue weighted by Gasteiger charge is -2.34. The Morgan fingerprint density at radius 2 is 0.388 bits per heavy atom. The molecule has 0 N–H and O–H groups in total. The van der Waals surface area contributed by atoms with Crippen LogP contribution >= 0.6 is 0 Å². The van der Waals surface area contributed by atoms with Gasteiger partial charge in [-0.15, -0.1) is 0 Å². The zero-order chi connectivity index (χ0) is 92.4. The molecule has 2 aliphatic rings. The lowest BCUT2D eigenvalue weighted by molar-refractivity contribution is 0.0877. The number of carbonyl (C=O) groups excluding carboxylic acids is 4. The van der Waals surface area contributed by atoms with Crippen LogP contribution in [0.4, 0.5) is 11.4 Å². The third-order valence-corrected chi connectivity index (χ3v) is 27.7. The van der Waals surface area contributed by atoms with Crippen LogP contribution in [0.1, 0.15) is 191 Å². The number of aryl methyl sites for hydroxylation is 8. The van der Waals surface area contributed by atoms with Gasteiger partial charge in [-0.3, -0.25) is 19.2 Å². The van der Waals surface area contributed by atoms with E-state index in [2.05, 4.69) is 338 Å². The standard InChI is InChI=1S/C124H106N2O8/c1-121(2,3)87-55-63-91(64-56-87)131-103-71-99-107-100(118(128)125(117(99)127)115-83(51-47-79-35-21-31-75-27-13-17-43-95(75)79)39-25-40-84(115)52-48-80-36-22-32-76-28-14-18-44-96(76)80)73-105(133-93-67-59-89(60-68-93)123(7,8)9)111-112-106(134-94-69-61-90(62-70-94)124(10,11)12)74-102-108-101(72-104(110(114(108)112)109(103)113(107)111)132-92-65-57-88(58-66-92)122(4,5)6)119(129)126(120(102)130)116-85(53-49-81-37-23-33-77-29-15-19-45-97(77)81)41-26-42-86(116)54-50-82-38-24-34-78-30-16-20-46-98(78)82/h13-46,55-74H,47-54H2,1-12H3. The number of ether oxygens (including phenoxy) is 4. The van der Waals surface area contributed by atoms with Crippen molar-refractivity contribution in [2.75, 3.05) is 9.80 Å². The minimum absolute atomic E-state index is 0.191. The summed E-state index contributed by atoms with van der Waals surface area (Å²) in [6, 6.07) is 111. The van der Waals surface area contributed by atoms with Crippen LogP contribution < -0.4 is 28.7 Å². The van der Waals surface area contributed by atoms with E-state index in [-0.39, 0.29) is 66.9 Å². The summed E-state index contributed by atoms with van der Waals surface area (Å²) >= 11 is 0. The summed E-state index contributed by atoms with van der Waals surface area (Å²) in [4.78, 5) is 73.5. The molecule has 0 radical (unpaired) electrons. The molecule has 21 rings (SSSR count). The fourth-order valence-corrected chi connectivity index (χ4v) is 20.6. The molecule has 0 spiro atoms. The summed E-state index contributed by atoms with van der Waals surface area (Å²) in [6.45, 7) is 26.1. The van der Waals surface area contributed by atoms with Crippen LogP contribution in [0, 0.1) is 0 Å². The van der Waals surface area contributed by atoms with Gasteiger partial charge in [-0.1, -0.05) is 338 Å². The zero-order valence-electron chi connectivity index (χ0n) is 78.0. The van der Waals surface area contributed by atoms with Gasteiger partial charge in [-0.25, -0.2) is 9.80 Å². The van der Waals surface area contributed by atoms with Crippen molar-refractivity contribution in [1.29, 1.82) is 0 Å². The van der Waals surface area contributed by atoms with Gasteiger partial charge in [-0.05, 0) is 256 Å². The van der Waals surface area contributed by atoms with E-state index in [1.54, 1.807) is 0 Å². The van der Waals surface area contributed by atoms with Crippen molar-refractivity contribution in [1.82, 2.24) is 0 Å². The lowest BCUT2D eigenvalue weighted by Crippen LogP contribution is -2.42. The van der Waals surface area contributed by atoms with Gasteiger partial charge in [0.1, 0.15) is 46.0 Å². The first-order chi connectivity index (χ1) is 64.6. The van der Waals surface area contributed by atoms with Crippen LogP contribution in [-0.4, -0.2) is 23.6 Å². The minimum Gasteiger partial charge on any atom is -0.457 e. The third kappa shape index (κ3) is 15.7. The number of imide groups is 2.